The van der Waals surface area contributed by atoms with Gasteiger partial charge in [0.2, 0.25) is 0 Å². The van der Waals surface area contributed by atoms with Crippen LogP contribution in [0.4, 0.5) is 0 Å². The average molecular weight is 189 g/mol. The van der Waals surface area contributed by atoms with Crippen LogP contribution in [0.1, 0.15) is 20.8 Å². The van der Waals surface area contributed by atoms with Gasteiger partial charge in [-0.25, -0.2) is 0 Å². The quantitative estimate of drug-likeness (QED) is 0.557. The number of carboxylic acid groups (broad SMARTS) is 1. The van der Waals surface area contributed by atoms with Gasteiger partial charge in [0.15, 0.2) is 0 Å². The Morgan fingerprint density at radius 1 is 1.40 bits per heavy atom. The number of rotatable bonds is 1. The van der Waals surface area contributed by atoms with E-state index in [1.165, 1.54) is 0 Å². The molecule has 0 amide bonds. The van der Waals surface area contributed by atoms with Crippen molar-refractivity contribution in [1.82, 2.24) is 0 Å². The topological polar surface area (TPSA) is 57.2 Å². The van der Waals surface area contributed by atoms with Gasteiger partial charge in [-0.2, -0.15) is 0 Å². The first-order valence-electron chi connectivity index (χ1n) is 2.72. The van der Waals surface area contributed by atoms with Crippen LogP contribution in [0.15, 0.2) is 0 Å². The molecule has 0 heterocycles. The van der Waals surface area contributed by atoms with E-state index in [4.69, 9.17) is 9.90 Å². The Morgan fingerprint density at radius 3 is 1.50 bits per heavy atom. The molecule has 61 valence electrons. The van der Waals surface area contributed by atoms with E-state index in [9.17, 15) is 4.79 Å². The number of carboxylic acids is 1. The monoisotopic (exact) mass is 189 g/mol. The molecule has 0 aromatic heterocycles. The summed E-state index contributed by atoms with van der Waals surface area (Å²) in [6, 6.07) is 0. The van der Waals surface area contributed by atoms with E-state index in [1.807, 2.05) is 13.8 Å². The van der Waals surface area contributed by atoms with Crippen LogP contribution in [-0.2, 0) is 25.3 Å². The van der Waals surface area contributed by atoms with Gasteiger partial charge in [-0.1, -0.05) is 0 Å². The van der Waals surface area contributed by atoms with E-state index in [-0.39, 0.29) is 10.6 Å². The second kappa shape index (κ2) is 6.76. The minimum absolute atomic E-state index is 0.0532. The fraction of sp³-hybridized carbons (Fsp3) is 0.667. The molecular weight excluding hydrogens is 179 g/mol. The zero-order valence-corrected chi connectivity index (χ0v) is 7.18. The molecule has 0 aliphatic carbocycles. The van der Waals surface area contributed by atoms with Crippen molar-refractivity contribution in [3.05, 3.63) is 0 Å². The average Bonchev–Trinajstić information content (AvgIpc) is 1.63. The van der Waals surface area contributed by atoms with E-state index >= 15 is 0 Å². The molecule has 4 heteroatoms. The summed E-state index contributed by atoms with van der Waals surface area (Å²) >= 11 is 3.60. The number of hydrogen-bond acceptors (Lipinski definition) is 3. The van der Waals surface area contributed by atoms with Gasteiger partial charge in [-0.15, -0.1) is 0 Å². The van der Waals surface area contributed by atoms with Crippen molar-refractivity contribution in [3.8, 4) is 0 Å². The van der Waals surface area contributed by atoms with Gasteiger partial charge in [-0.3, -0.25) is 0 Å². The van der Waals surface area contributed by atoms with E-state index in [0.29, 0.717) is 0 Å². The van der Waals surface area contributed by atoms with Gasteiger partial charge in [0.25, 0.3) is 0 Å². The van der Waals surface area contributed by atoms with E-state index in [2.05, 4.69) is 15.7 Å². The van der Waals surface area contributed by atoms with E-state index < -0.39 is 5.97 Å². The first-order chi connectivity index (χ1) is 4.37. The molecular formula is C6H10CoO3. The molecule has 0 aromatic carbocycles. The van der Waals surface area contributed by atoms with Crippen LogP contribution < -0.4 is 5.11 Å². The Hall–Kier alpha value is -0.354. The third-order valence-electron chi connectivity index (χ3n) is 0.428. The molecule has 0 aliphatic rings. The first-order valence-corrected chi connectivity index (χ1v) is 3.24. The predicted octanol–water partition coefficient (Wildman–Crippen LogP) is -0.528. The summed E-state index contributed by atoms with van der Waals surface area (Å²) in [6.45, 7) is 4.60. The molecule has 0 aliphatic heterocycles. The van der Waals surface area contributed by atoms with Crippen molar-refractivity contribution in [2.24, 2.45) is 5.92 Å². The molecule has 0 bridgehead atoms. The third-order valence-corrected chi connectivity index (χ3v) is 1.03. The van der Waals surface area contributed by atoms with Gasteiger partial charge >= 0.3 is 45.0 Å². The molecule has 0 fully saturated rings. The van der Waals surface area contributed by atoms with Crippen molar-refractivity contribution in [1.29, 1.82) is 0 Å². The summed E-state index contributed by atoms with van der Waals surface area (Å²) in [6.07, 6.45) is 0. The number of carbonyl (C=O) groups excluding carboxylic acids is 2. The molecule has 3 nitrogen and oxygen atoms in total. The Morgan fingerprint density at radius 2 is 1.50 bits per heavy atom. The number of hydrogen-bond donors (Lipinski definition) is 0. The summed E-state index contributed by atoms with van der Waals surface area (Å²) in [7, 11) is 0. The normalized spacial score (nSPS) is 8.10. The first kappa shape index (κ1) is 12.3. The van der Waals surface area contributed by atoms with Crippen LogP contribution in [0.2, 0.25) is 0 Å². The number of carbonyl (C=O) groups is 2. The third kappa shape index (κ3) is 25.4. The standard InChI is InChI=1S/C4H7O.C2H4O2.Co/c1-4(2)3-5;1-2(3)4;/h4H,1-2H3;1H3,(H,3,4);/q;;+1/p-1. The molecule has 0 saturated heterocycles. The van der Waals surface area contributed by atoms with Gasteiger partial charge in [0.05, 0.1) is 0 Å². The van der Waals surface area contributed by atoms with Gasteiger partial charge in [-0.05, 0) is 6.92 Å². The second-order valence-corrected chi connectivity index (χ2v) is 2.44. The molecule has 0 radical (unpaired) electrons. The molecule has 0 unspecified atom stereocenters. The molecule has 0 spiro atoms. The zero-order chi connectivity index (χ0) is 8.73. The fourth-order valence-electron chi connectivity index (χ4n) is 0. The van der Waals surface area contributed by atoms with Crippen molar-refractivity contribution >= 4 is 10.7 Å². The summed E-state index contributed by atoms with van der Waals surface area (Å²) in [4.78, 5) is 18.9. The Kier molecular flexibility index (Phi) is 8.34. The van der Waals surface area contributed by atoms with Crippen LogP contribution in [0, 0.1) is 5.92 Å². The molecule has 0 atom stereocenters. The minimum atomic E-state index is -1.08. The molecule has 0 N–H and O–H groups in total. The van der Waals surface area contributed by atoms with Gasteiger partial charge < -0.3 is 9.90 Å². The fourth-order valence-corrected chi connectivity index (χ4v) is 0. The van der Waals surface area contributed by atoms with Gasteiger partial charge in [0.1, 0.15) is 0 Å². The van der Waals surface area contributed by atoms with Crippen molar-refractivity contribution in [2.45, 2.75) is 20.8 Å². The van der Waals surface area contributed by atoms with Crippen molar-refractivity contribution in [3.63, 3.8) is 0 Å². The second-order valence-electron chi connectivity index (χ2n) is 1.93. The predicted molar refractivity (Wildman–Crippen MR) is 30.5 cm³/mol. The molecule has 0 rings (SSSR count). The van der Waals surface area contributed by atoms with E-state index in [1.54, 1.807) is 0 Å². The number of aliphatic carboxylic acids is 1. The zero-order valence-electron chi connectivity index (χ0n) is 6.14. The maximum absolute atomic E-state index is 10.0. The van der Waals surface area contributed by atoms with Crippen LogP contribution in [0.3, 0.4) is 0 Å². The summed E-state index contributed by atoms with van der Waals surface area (Å²) < 4.78 is -0.0532. The van der Waals surface area contributed by atoms with Crippen molar-refractivity contribution in [2.75, 3.05) is 0 Å². The molecule has 0 saturated carbocycles. The van der Waals surface area contributed by atoms with Gasteiger partial charge in [0, 0.05) is 5.97 Å². The Labute approximate surface area is 68.4 Å². The maximum atomic E-state index is 10.0. The van der Waals surface area contributed by atoms with Crippen LogP contribution in [-0.4, -0.2) is 10.7 Å². The van der Waals surface area contributed by atoms with Crippen LogP contribution in [0.5, 0.6) is 0 Å². The van der Waals surface area contributed by atoms with Crippen LogP contribution >= 0.6 is 0 Å². The Bertz CT molecular complexity index is 116. The Balaban J connectivity index is 0. The SMILES string of the molecule is CC(=O)[O-].CC(C)[C](=O)[Co+]. The molecule has 0 aromatic rings. The van der Waals surface area contributed by atoms with Crippen molar-refractivity contribution < 1.29 is 30.4 Å². The summed E-state index contributed by atoms with van der Waals surface area (Å²) in [5, 5.41) is 8.89. The van der Waals surface area contributed by atoms with Crippen LogP contribution in [0.25, 0.3) is 0 Å². The molecule has 10 heavy (non-hydrogen) atoms. The summed E-state index contributed by atoms with van der Waals surface area (Å²) in [5.41, 5.74) is 0. The van der Waals surface area contributed by atoms with E-state index in [0.717, 1.165) is 6.92 Å². The summed E-state index contributed by atoms with van der Waals surface area (Å²) in [5.74, 6) is -1.01.